The largest absolute Gasteiger partial charge is 0.496 e. The molecule has 0 fully saturated rings. The van der Waals surface area contributed by atoms with Gasteiger partial charge in [0.25, 0.3) is 5.91 Å². The topological polar surface area (TPSA) is 51.2 Å². The Balaban J connectivity index is 2.10. The number of carbonyl (C=O) groups excluding carboxylic acids is 1. The molecule has 1 N–H and O–H groups in total. The van der Waals surface area contributed by atoms with Crippen LogP contribution in [0.1, 0.15) is 16.1 Å². The lowest BCUT2D eigenvalue weighted by atomic mass is 10.2. The Labute approximate surface area is 116 Å². The van der Waals surface area contributed by atoms with Crippen LogP contribution in [0.4, 0.5) is 0 Å². The second kappa shape index (κ2) is 6.20. The minimum absolute atomic E-state index is 0.245. The summed E-state index contributed by atoms with van der Waals surface area (Å²) in [6.07, 6.45) is 1.68. The number of hydrogen-bond donors (Lipinski definition) is 1. The standard InChI is InChI=1S/C14H13ClN2O2/c1-19-13-6-5-10(15)8-12(13)14(18)17-9-11-4-2-3-7-16-11/h2-8H,9H2,1H3,(H,17,18). The summed E-state index contributed by atoms with van der Waals surface area (Å²) in [6, 6.07) is 10.5. The van der Waals surface area contributed by atoms with E-state index in [4.69, 9.17) is 16.3 Å². The number of aromatic nitrogens is 1. The number of rotatable bonds is 4. The molecule has 5 heteroatoms. The van der Waals surface area contributed by atoms with Gasteiger partial charge >= 0.3 is 0 Å². The molecule has 0 saturated heterocycles. The number of nitrogens with one attached hydrogen (secondary N) is 1. The molecule has 0 unspecified atom stereocenters. The Kier molecular flexibility index (Phi) is 4.36. The average Bonchev–Trinajstić information content (AvgIpc) is 2.46. The fraction of sp³-hybridized carbons (Fsp3) is 0.143. The van der Waals surface area contributed by atoms with Gasteiger partial charge in [-0.05, 0) is 30.3 Å². The summed E-state index contributed by atoms with van der Waals surface area (Å²) in [6.45, 7) is 0.356. The average molecular weight is 277 g/mol. The molecule has 0 radical (unpaired) electrons. The summed E-state index contributed by atoms with van der Waals surface area (Å²) in [5.41, 5.74) is 1.20. The van der Waals surface area contributed by atoms with Gasteiger partial charge in [0.15, 0.2) is 0 Å². The van der Waals surface area contributed by atoms with Crippen molar-refractivity contribution in [2.75, 3.05) is 7.11 Å². The van der Waals surface area contributed by atoms with Gasteiger partial charge in [0, 0.05) is 11.2 Å². The molecule has 0 aliphatic carbocycles. The summed E-state index contributed by atoms with van der Waals surface area (Å²) in [5.74, 6) is 0.243. The number of benzene rings is 1. The van der Waals surface area contributed by atoms with Gasteiger partial charge in [0.2, 0.25) is 0 Å². The van der Waals surface area contributed by atoms with E-state index in [0.29, 0.717) is 22.9 Å². The molecule has 1 aromatic heterocycles. The van der Waals surface area contributed by atoms with E-state index in [-0.39, 0.29) is 5.91 Å². The maximum atomic E-state index is 12.1. The van der Waals surface area contributed by atoms with Crippen molar-refractivity contribution in [3.05, 3.63) is 58.9 Å². The first kappa shape index (κ1) is 13.4. The highest BCUT2D eigenvalue weighted by Crippen LogP contribution is 2.22. The van der Waals surface area contributed by atoms with E-state index in [9.17, 15) is 4.79 Å². The SMILES string of the molecule is COc1ccc(Cl)cc1C(=O)NCc1ccccn1. The van der Waals surface area contributed by atoms with Crippen molar-refractivity contribution < 1.29 is 9.53 Å². The number of carbonyl (C=O) groups is 1. The summed E-state index contributed by atoms with van der Waals surface area (Å²) in [4.78, 5) is 16.2. The fourth-order valence-corrected chi connectivity index (χ4v) is 1.80. The van der Waals surface area contributed by atoms with Crippen LogP contribution in [0.25, 0.3) is 0 Å². The number of hydrogen-bond acceptors (Lipinski definition) is 3. The maximum Gasteiger partial charge on any atom is 0.255 e. The number of ether oxygens (including phenoxy) is 1. The van der Waals surface area contributed by atoms with E-state index < -0.39 is 0 Å². The predicted octanol–water partition coefficient (Wildman–Crippen LogP) is 2.67. The first-order chi connectivity index (χ1) is 9.20. The minimum atomic E-state index is -0.245. The van der Waals surface area contributed by atoms with Crippen molar-refractivity contribution in [3.8, 4) is 5.75 Å². The Hall–Kier alpha value is -2.07. The summed E-state index contributed by atoms with van der Waals surface area (Å²) < 4.78 is 5.14. The van der Waals surface area contributed by atoms with Gasteiger partial charge in [-0.2, -0.15) is 0 Å². The van der Waals surface area contributed by atoms with Crippen molar-refractivity contribution in [2.45, 2.75) is 6.54 Å². The van der Waals surface area contributed by atoms with Crippen LogP contribution < -0.4 is 10.1 Å². The first-order valence-electron chi connectivity index (χ1n) is 5.72. The third-order valence-corrected chi connectivity index (χ3v) is 2.80. The molecule has 98 valence electrons. The highest BCUT2D eigenvalue weighted by atomic mass is 35.5. The van der Waals surface area contributed by atoms with E-state index in [0.717, 1.165) is 5.69 Å². The lowest BCUT2D eigenvalue weighted by molar-refractivity contribution is 0.0947. The van der Waals surface area contributed by atoms with Crippen LogP contribution in [-0.4, -0.2) is 18.0 Å². The molecule has 1 heterocycles. The van der Waals surface area contributed by atoms with E-state index in [2.05, 4.69) is 10.3 Å². The Bertz CT molecular complexity index is 573. The van der Waals surface area contributed by atoms with Crippen LogP contribution in [0, 0.1) is 0 Å². The zero-order valence-electron chi connectivity index (χ0n) is 10.4. The molecule has 1 aromatic carbocycles. The van der Waals surface area contributed by atoms with E-state index in [1.54, 1.807) is 24.4 Å². The van der Waals surface area contributed by atoms with Crippen LogP contribution in [0.5, 0.6) is 5.75 Å². The monoisotopic (exact) mass is 276 g/mol. The molecule has 0 bridgehead atoms. The van der Waals surface area contributed by atoms with Crippen molar-refractivity contribution in [1.82, 2.24) is 10.3 Å². The summed E-state index contributed by atoms with van der Waals surface area (Å²) >= 11 is 5.89. The minimum Gasteiger partial charge on any atom is -0.496 e. The lowest BCUT2D eigenvalue weighted by Crippen LogP contribution is -2.23. The molecule has 1 amide bonds. The summed E-state index contributed by atoms with van der Waals surface area (Å²) in [7, 11) is 1.51. The van der Waals surface area contributed by atoms with Gasteiger partial charge < -0.3 is 10.1 Å². The molecule has 2 aromatic rings. The van der Waals surface area contributed by atoms with E-state index in [1.165, 1.54) is 7.11 Å². The van der Waals surface area contributed by atoms with Crippen molar-refractivity contribution in [1.29, 1.82) is 0 Å². The first-order valence-corrected chi connectivity index (χ1v) is 6.10. The smallest absolute Gasteiger partial charge is 0.255 e. The fourth-order valence-electron chi connectivity index (χ4n) is 1.63. The molecular weight excluding hydrogens is 264 g/mol. The maximum absolute atomic E-state index is 12.1. The number of methoxy groups -OCH3 is 1. The van der Waals surface area contributed by atoms with Gasteiger partial charge in [0.05, 0.1) is 24.9 Å². The van der Waals surface area contributed by atoms with Gasteiger partial charge in [-0.1, -0.05) is 17.7 Å². The predicted molar refractivity (Wildman–Crippen MR) is 73.4 cm³/mol. The molecular formula is C14H13ClN2O2. The highest BCUT2D eigenvalue weighted by molar-refractivity contribution is 6.31. The Morgan fingerprint density at radius 3 is 2.89 bits per heavy atom. The van der Waals surface area contributed by atoms with E-state index in [1.807, 2.05) is 18.2 Å². The molecule has 0 saturated carbocycles. The molecule has 0 aliphatic rings. The molecule has 0 atom stereocenters. The number of amides is 1. The Morgan fingerprint density at radius 1 is 1.37 bits per heavy atom. The normalized spacial score (nSPS) is 10.0. The number of nitrogens with zero attached hydrogens (tertiary/aromatic N) is 1. The molecule has 2 rings (SSSR count). The number of pyridine rings is 1. The van der Waals surface area contributed by atoms with Crippen LogP contribution in [-0.2, 0) is 6.54 Å². The Morgan fingerprint density at radius 2 is 2.21 bits per heavy atom. The second-order valence-electron chi connectivity index (χ2n) is 3.85. The van der Waals surface area contributed by atoms with Crippen molar-refractivity contribution >= 4 is 17.5 Å². The van der Waals surface area contributed by atoms with Crippen LogP contribution >= 0.6 is 11.6 Å². The van der Waals surface area contributed by atoms with Crippen LogP contribution in [0.15, 0.2) is 42.6 Å². The van der Waals surface area contributed by atoms with Crippen LogP contribution in [0.3, 0.4) is 0 Å². The lowest BCUT2D eigenvalue weighted by Gasteiger charge is -2.09. The van der Waals surface area contributed by atoms with Crippen molar-refractivity contribution in [2.24, 2.45) is 0 Å². The molecule has 19 heavy (non-hydrogen) atoms. The zero-order chi connectivity index (χ0) is 13.7. The quantitative estimate of drug-likeness (QED) is 0.934. The van der Waals surface area contributed by atoms with Crippen LogP contribution in [0.2, 0.25) is 5.02 Å². The summed E-state index contributed by atoms with van der Waals surface area (Å²) in [5, 5.41) is 3.27. The van der Waals surface area contributed by atoms with Gasteiger partial charge in [-0.15, -0.1) is 0 Å². The zero-order valence-corrected chi connectivity index (χ0v) is 11.1. The third-order valence-electron chi connectivity index (χ3n) is 2.56. The van der Waals surface area contributed by atoms with Crippen molar-refractivity contribution in [3.63, 3.8) is 0 Å². The molecule has 0 aliphatic heterocycles. The van der Waals surface area contributed by atoms with Gasteiger partial charge in [-0.25, -0.2) is 0 Å². The van der Waals surface area contributed by atoms with Gasteiger partial charge in [-0.3, -0.25) is 9.78 Å². The van der Waals surface area contributed by atoms with E-state index >= 15 is 0 Å². The second-order valence-corrected chi connectivity index (χ2v) is 4.28. The third kappa shape index (κ3) is 3.45. The van der Waals surface area contributed by atoms with Gasteiger partial charge in [0.1, 0.15) is 5.75 Å². The molecule has 0 spiro atoms. The molecule has 4 nitrogen and oxygen atoms in total. The number of halogens is 1. The highest BCUT2D eigenvalue weighted by Gasteiger charge is 2.12.